The number of pyridine rings is 1. The van der Waals surface area contributed by atoms with Gasteiger partial charge in [0.15, 0.2) is 0 Å². The molecule has 0 amide bonds. The predicted molar refractivity (Wildman–Crippen MR) is 95.1 cm³/mol. The molecule has 1 aromatic heterocycles. The predicted octanol–water partition coefficient (Wildman–Crippen LogP) is 3.82. The third-order valence-corrected chi connectivity index (χ3v) is 5.94. The average molecular weight is 387 g/mol. The number of hydrogen-bond acceptors (Lipinski definition) is 3. The van der Waals surface area contributed by atoms with Gasteiger partial charge < -0.3 is 0 Å². The molecule has 2 aromatic rings. The number of anilines is 1. The molecule has 0 saturated heterocycles. The van der Waals surface area contributed by atoms with E-state index >= 15 is 0 Å². The van der Waals surface area contributed by atoms with Gasteiger partial charge in [0.1, 0.15) is 0 Å². The maximum absolute atomic E-state index is 12.7. The lowest BCUT2D eigenvalue weighted by atomic mass is 9.98. The fraction of sp³-hybridized carbons (Fsp3) is 0.118. The minimum Gasteiger partial charge on any atom is -0.277 e. The van der Waals surface area contributed by atoms with Gasteiger partial charge in [-0.2, -0.15) is 0 Å². The van der Waals surface area contributed by atoms with Crippen LogP contribution in [-0.2, 0) is 10.0 Å². The largest absolute Gasteiger partial charge is 0.277 e. The molecule has 0 saturated carbocycles. The zero-order chi connectivity index (χ0) is 16.0. The monoisotopic (exact) mass is 386 g/mol. The van der Waals surface area contributed by atoms with E-state index in [0.717, 1.165) is 15.4 Å². The van der Waals surface area contributed by atoms with Crippen molar-refractivity contribution < 1.29 is 8.42 Å². The highest BCUT2D eigenvalue weighted by atomic mass is 79.9. The third kappa shape index (κ3) is 2.28. The number of hydrogen-bond donors (Lipinski definition) is 1. The van der Waals surface area contributed by atoms with E-state index in [-0.39, 0.29) is 0 Å². The van der Waals surface area contributed by atoms with E-state index in [9.17, 15) is 8.42 Å². The maximum Gasteiger partial charge on any atom is 0.262 e. The Bertz CT molecular complexity index is 1070. The molecule has 114 valence electrons. The molecule has 1 N–H and O–H groups in total. The molecule has 2 aliphatic rings. The van der Waals surface area contributed by atoms with Gasteiger partial charge in [-0.05, 0) is 12.1 Å². The molecular formula is C17H11BrN2O2S. The topological polar surface area (TPSA) is 59.1 Å². The van der Waals surface area contributed by atoms with Crippen LogP contribution in [0.2, 0.25) is 0 Å². The molecule has 0 spiro atoms. The highest BCUT2D eigenvalue weighted by Gasteiger charge is 2.32. The third-order valence-electron chi connectivity index (χ3n) is 3.85. The van der Waals surface area contributed by atoms with Crippen LogP contribution >= 0.6 is 15.9 Å². The fourth-order valence-corrected chi connectivity index (χ4v) is 4.78. The van der Waals surface area contributed by atoms with E-state index < -0.39 is 10.0 Å². The summed E-state index contributed by atoms with van der Waals surface area (Å²) >= 11 is 3.56. The van der Waals surface area contributed by atoms with Crippen molar-refractivity contribution >= 4 is 48.1 Å². The summed E-state index contributed by atoms with van der Waals surface area (Å²) in [6.07, 6.45) is 6.15. The van der Waals surface area contributed by atoms with Crippen molar-refractivity contribution in [1.29, 1.82) is 0 Å². The molecule has 0 atom stereocenters. The molecule has 0 unspecified atom stereocenters. The van der Waals surface area contributed by atoms with Crippen LogP contribution in [0.15, 0.2) is 45.9 Å². The number of nitrogens with zero attached hydrogens (tertiary/aromatic N) is 1. The Morgan fingerprint density at radius 1 is 1.22 bits per heavy atom. The number of halogens is 1. The van der Waals surface area contributed by atoms with Gasteiger partial charge in [-0.3, -0.25) is 9.71 Å². The first-order valence-electron chi connectivity index (χ1n) is 7.05. The summed E-state index contributed by atoms with van der Waals surface area (Å²) in [5.41, 5.74) is 2.68. The smallest absolute Gasteiger partial charge is 0.262 e. The fourth-order valence-electron chi connectivity index (χ4n) is 2.86. The van der Waals surface area contributed by atoms with Gasteiger partial charge in [-0.15, -0.1) is 0 Å². The number of fused-ring (bicyclic) bond motifs is 5. The number of nitrogens with one attached hydrogen (secondary N) is 1. The molecule has 23 heavy (non-hydrogen) atoms. The van der Waals surface area contributed by atoms with E-state index in [1.54, 1.807) is 12.3 Å². The highest BCUT2D eigenvalue weighted by molar-refractivity contribution is 9.10. The quantitative estimate of drug-likeness (QED) is 0.700. The number of sulfonamides is 1. The standard InChI is InChI=1S/C17H11BrN2O2S/c18-14-10-13-11-6-3-1-2-4-8-15(11)23(21,22)20-17(13)16-12(14)7-5-9-19-16/h5-10,20H,3-4H2/b11-6-,15-8+. The van der Waals surface area contributed by atoms with Crippen LogP contribution in [0.3, 0.4) is 0 Å². The number of benzene rings is 1. The summed E-state index contributed by atoms with van der Waals surface area (Å²) in [4.78, 5) is 4.66. The number of rotatable bonds is 0. The second-order valence-electron chi connectivity index (χ2n) is 5.23. The van der Waals surface area contributed by atoms with Crippen molar-refractivity contribution in [1.82, 2.24) is 4.98 Å². The van der Waals surface area contributed by atoms with Crippen molar-refractivity contribution in [3.8, 4) is 11.8 Å². The van der Waals surface area contributed by atoms with Crippen molar-refractivity contribution in [3.05, 3.63) is 51.5 Å². The van der Waals surface area contributed by atoms with Crippen LogP contribution in [-0.4, -0.2) is 13.4 Å². The molecule has 0 bridgehead atoms. The summed E-state index contributed by atoms with van der Waals surface area (Å²) < 4.78 is 28.9. The van der Waals surface area contributed by atoms with E-state index in [1.807, 2.05) is 24.3 Å². The first-order valence-corrected chi connectivity index (χ1v) is 9.32. The van der Waals surface area contributed by atoms with E-state index in [0.29, 0.717) is 34.5 Å². The summed E-state index contributed by atoms with van der Waals surface area (Å²) in [5, 5.41) is 0.868. The van der Waals surface area contributed by atoms with Crippen LogP contribution in [0.5, 0.6) is 0 Å². The van der Waals surface area contributed by atoms with Gasteiger partial charge in [0, 0.05) is 40.0 Å². The lowest BCUT2D eigenvalue weighted by molar-refractivity contribution is 0.607. The maximum atomic E-state index is 12.7. The zero-order valence-corrected chi connectivity index (χ0v) is 14.3. The Hall–Kier alpha value is -2.10. The minimum atomic E-state index is -3.62. The molecule has 0 radical (unpaired) electrons. The second kappa shape index (κ2) is 5.22. The molecular weight excluding hydrogens is 376 g/mol. The molecule has 2 heterocycles. The normalized spacial score (nSPS) is 22.7. The van der Waals surface area contributed by atoms with Crippen LogP contribution < -0.4 is 4.72 Å². The van der Waals surface area contributed by atoms with Crippen LogP contribution in [0.4, 0.5) is 5.69 Å². The highest BCUT2D eigenvalue weighted by Crippen LogP contribution is 2.44. The van der Waals surface area contributed by atoms with Gasteiger partial charge in [0.2, 0.25) is 0 Å². The molecule has 6 heteroatoms. The molecule has 4 nitrogen and oxygen atoms in total. The average Bonchev–Trinajstić information content (AvgIpc) is 2.49. The van der Waals surface area contributed by atoms with Gasteiger partial charge in [-0.1, -0.05) is 46.0 Å². The van der Waals surface area contributed by atoms with Crippen molar-refractivity contribution in [2.45, 2.75) is 12.8 Å². The van der Waals surface area contributed by atoms with E-state index in [2.05, 4.69) is 37.5 Å². The summed E-state index contributed by atoms with van der Waals surface area (Å²) in [6.45, 7) is 0. The Labute approximate surface area is 142 Å². The molecule has 4 rings (SSSR count). The first kappa shape index (κ1) is 14.5. The Kier molecular flexibility index (Phi) is 3.29. The Balaban J connectivity index is 2.12. The summed E-state index contributed by atoms with van der Waals surface area (Å²) in [6, 6.07) is 5.67. The minimum absolute atomic E-state index is 0.293. The first-order chi connectivity index (χ1) is 11.1. The van der Waals surface area contributed by atoms with Crippen LogP contribution in [0.1, 0.15) is 18.4 Å². The molecule has 0 fully saturated rings. The van der Waals surface area contributed by atoms with Crippen molar-refractivity contribution in [2.75, 3.05) is 4.72 Å². The summed E-state index contributed by atoms with van der Waals surface area (Å²) in [5.74, 6) is 5.95. The SMILES string of the molecule is O=S1(=O)Nc2c(cc(Br)c3cccnc23)C2=C/CC#CC/C=C\21. The Morgan fingerprint density at radius 3 is 2.83 bits per heavy atom. The van der Waals surface area contributed by atoms with Crippen molar-refractivity contribution in [3.63, 3.8) is 0 Å². The van der Waals surface area contributed by atoms with Gasteiger partial charge in [0.05, 0.1) is 16.1 Å². The lowest BCUT2D eigenvalue weighted by Gasteiger charge is -2.25. The van der Waals surface area contributed by atoms with Crippen LogP contribution in [0.25, 0.3) is 16.5 Å². The van der Waals surface area contributed by atoms with Crippen LogP contribution in [0, 0.1) is 11.8 Å². The Morgan fingerprint density at radius 2 is 2.00 bits per heavy atom. The van der Waals surface area contributed by atoms with Gasteiger partial charge >= 0.3 is 0 Å². The second-order valence-corrected chi connectivity index (χ2v) is 7.74. The van der Waals surface area contributed by atoms with Gasteiger partial charge in [0.25, 0.3) is 10.0 Å². The molecule has 1 aliphatic heterocycles. The number of allylic oxidation sites excluding steroid dienone is 3. The molecule has 1 aromatic carbocycles. The van der Waals surface area contributed by atoms with Crippen molar-refractivity contribution in [2.24, 2.45) is 0 Å². The number of aromatic nitrogens is 1. The lowest BCUT2D eigenvalue weighted by Crippen LogP contribution is -2.22. The van der Waals surface area contributed by atoms with Gasteiger partial charge in [-0.25, -0.2) is 8.42 Å². The zero-order valence-electron chi connectivity index (χ0n) is 11.9. The summed E-state index contributed by atoms with van der Waals surface area (Å²) in [7, 11) is -3.62. The van der Waals surface area contributed by atoms with E-state index in [4.69, 9.17) is 0 Å². The van der Waals surface area contributed by atoms with E-state index in [1.165, 1.54) is 0 Å². The molecule has 1 aliphatic carbocycles.